The molecule has 1 aliphatic rings. The SMILES string of the molecule is O=S(=O)(c1ccc(Br)cc1)N1CCN(c2cc(-c3ccccc3)ncn2)CC1. The second-order valence-corrected chi connectivity index (χ2v) is 9.33. The summed E-state index contributed by atoms with van der Waals surface area (Å²) in [7, 11) is -3.48. The molecular formula is C20H19BrN4O2S. The normalized spacial score (nSPS) is 15.5. The maximum Gasteiger partial charge on any atom is 0.243 e. The minimum absolute atomic E-state index is 0.317. The zero-order valence-corrected chi connectivity index (χ0v) is 17.5. The van der Waals surface area contributed by atoms with Crippen molar-refractivity contribution in [3.63, 3.8) is 0 Å². The summed E-state index contributed by atoms with van der Waals surface area (Å²) in [5.74, 6) is 0.814. The van der Waals surface area contributed by atoms with Crippen molar-refractivity contribution in [3.8, 4) is 11.3 Å². The predicted molar refractivity (Wildman–Crippen MR) is 113 cm³/mol. The second kappa shape index (κ2) is 7.98. The Morgan fingerprint density at radius 1 is 0.857 bits per heavy atom. The molecule has 1 saturated heterocycles. The molecule has 0 unspecified atom stereocenters. The van der Waals surface area contributed by atoms with Gasteiger partial charge in [-0.2, -0.15) is 4.31 Å². The van der Waals surface area contributed by atoms with Gasteiger partial charge in [0.2, 0.25) is 10.0 Å². The summed E-state index contributed by atoms with van der Waals surface area (Å²) in [6.07, 6.45) is 1.56. The van der Waals surface area contributed by atoms with Gasteiger partial charge in [0.15, 0.2) is 0 Å². The van der Waals surface area contributed by atoms with E-state index < -0.39 is 10.0 Å². The minimum Gasteiger partial charge on any atom is -0.354 e. The molecule has 0 atom stereocenters. The highest BCUT2D eigenvalue weighted by Crippen LogP contribution is 2.24. The van der Waals surface area contributed by atoms with E-state index in [4.69, 9.17) is 0 Å². The van der Waals surface area contributed by atoms with Crippen molar-refractivity contribution in [1.29, 1.82) is 0 Å². The quantitative estimate of drug-likeness (QED) is 0.598. The van der Waals surface area contributed by atoms with Gasteiger partial charge >= 0.3 is 0 Å². The molecule has 8 heteroatoms. The Morgan fingerprint density at radius 2 is 1.54 bits per heavy atom. The number of sulfonamides is 1. The predicted octanol–water partition coefficient (Wildman–Crippen LogP) is 3.42. The summed E-state index contributed by atoms with van der Waals surface area (Å²) in [5, 5.41) is 0. The van der Waals surface area contributed by atoms with E-state index in [1.807, 2.05) is 36.4 Å². The number of hydrogen-bond acceptors (Lipinski definition) is 5. The van der Waals surface area contributed by atoms with Gasteiger partial charge in [0.25, 0.3) is 0 Å². The lowest BCUT2D eigenvalue weighted by Gasteiger charge is -2.34. The second-order valence-electron chi connectivity index (χ2n) is 6.47. The van der Waals surface area contributed by atoms with Crippen LogP contribution in [0.2, 0.25) is 0 Å². The molecule has 0 bridgehead atoms. The molecule has 4 rings (SSSR count). The van der Waals surface area contributed by atoms with Crippen molar-refractivity contribution in [2.75, 3.05) is 31.1 Å². The highest BCUT2D eigenvalue weighted by atomic mass is 79.9. The Hall–Kier alpha value is -2.29. The number of anilines is 1. The number of halogens is 1. The van der Waals surface area contributed by atoms with Crippen molar-refractivity contribution in [2.45, 2.75) is 4.90 Å². The topological polar surface area (TPSA) is 66.4 Å². The van der Waals surface area contributed by atoms with Crippen LogP contribution in [0.25, 0.3) is 11.3 Å². The Morgan fingerprint density at radius 3 is 2.21 bits per heavy atom. The van der Waals surface area contributed by atoms with Crippen LogP contribution >= 0.6 is 15.9 Å². The average molecular weight is 459 g/mol. The number of benzene rings is 2. The fourth-order valence-electron chi connectivity index (χ4n) is 3.20. The van der Waals surface area contributed by atoms with Crippen molar-refractivity contribution in [1.82, 2.24) is 14.3 Å². The zero-order valence-electron chi connectivity index (χ0n) is 15.1. The average Bonchev–Trinajstić information content (AvgIpc) is 2.75. The molecule has 1 aliphatic heterocycles. The highest BCUT2D eigenvalue weighted by Gasteiger charge is 2.29. The van der Waals surface area contributed by atoms with E-state index in [1.165, 1.54) is 4.31 Å². The third-order valence-electron chi connectivity index (χ3n) is 4.74. The van der Waals surface area contributed by atoms with Crippen LogP contribution in [0, 0.1) is 0 Å². The number of nitrogens with zero attached hydrogens (tertiary/aromatic N) is 4. The third kappa shape index (κ3) is 3.94. The largest absolute Gasteiger partial charge is 0.354 e. The van der Waals surface area contributed by atoms with Gasteiger partial charge < -0.3 is 4.90 Å². The van der Waals surface area contributed by atoms with Gasteiger partial charge in [-0.15, -0.1) is 0 Å². The van der Waals surface area contributed by atoms with Crippen molar-refractivity contribution >= 4 is 31.8 Å². The van der Waals surface area contributed by atoms with Gasteiger partial charge in [-0.3, -0.25) is 0 Å². The highest BCUT2D eigenvalue weighted by molar-refractivity contribution is 9.10. The number of piperazine rings is 1. The Bertz CT molecular complexity index is 1050. The van der Waals surface area contributed by atoms with Crippen molar-refractivity contribution < 1.29 is 8.42 Å². The van der Waals surface area contributed by atoms with E-state index >= 15 is 0 Å². The zero-order chi connectivity index (χ0) is 19.6. The molecule has 1 fully saturated rings. The fourth-order valence-corrected chi connectivity index (χ4v) is 4.89. The molecule has 0 amide bonds. The molecular weight excluding hydrogens is 440 g/mol. The molecule has 1 aromatic heterocycles. The van der Waals surface area contributed by atoms with Crippen molar-refractivity contribution in [2.24, 2.45) is 0 Å². The summed E-state index contributed by atoms with van der Waals surface area (Å²) in [4.78, 5) is 11.2. The molecule has 0 N–H and O–H groups in total. The Kier molecular flexibility index (Phi) is 5.43. The van der Waals surface area contributed by atoms with Gasteiger partial charge in [0, 0.05) is 42.3 Å². The van der Waals surface area contributed by atoms with Crippen LogP contribution in [0.4, 0.5) is 5.82 Å². The third-order valence-corrected chi connectivity index (χ3v) is 7.18. The smallest absolute Gasteiger partial charge is 0.243 e. The summed E-state index contributed by atoms with van der Waals surface area (Å²) in [6, 6.07) is 18.6. The van der Waals surface area contributed by atoms with Crippen LogP contribution < -0.4 is 4.90 Å². The lowest BCUT2D eigenvalue weighted by Crippen LogP contribution is -2.48. The first-order chi connectivity index (χ1) is 13.5. The first-order valence-corrected chi connectivity index (χ1v) is 11.2. The van der Waals surface area contributed by atoms with E-state index in [2.05, 4.69) is 30.8 Å². The molecule has 2 heterocycles. The maximum absolute atomic E-state index is 12.8. The summed E-state index contributed by atoms with van der Waals surface area (Å²) in [5.41, 5.74) is 1.89. The van der Waals surface area contributed by atoms with Gasteiger partial charge in [-0.25, -0.2) is 18.4 Å². The maximum atomic E-state index is 12.8. The molecule has 0 spiro atoms. The fraction of sp³-hybridized carbons (Fsp3) is 0.200. The van der Waals surface area contributed by atoms with Crippen LogP contribution in [0.1, 0.15) is 0 Å². The monoisotopic (exact) mass is 458 g/mol. The number of rotatable bonds is 4. The first kappa shape index (κ1) is 19.0. The summed E-state index contributed by atoms with van der Waals surface area (Å²) < 4.78 is 28.1. The number of aromatic nitrogens is 2. The molecule has 28 heavy (non-hydrogen) atoms. The van der Waals surface area contributed by atoms with Crippen LogP contribution in [-0.4, -0.2) is 48.9 Å². The Balaban J connectivity index is 1.48. The molecule has 2 aromatic carbocycles. The molecule has 6 nitrogen and oxygen atoms in total. The summed E-state index contributed by atoms with van der Waals surface area (Å²) >= 11 is 3.34. The Labute approximate surface area is 173 Å². The lowest BCUT2D eigenvalue weighted by atomic mass is 10.1. The van der Waals surface area contributed by atoms with Crippen LogP contribution in [0.3, 0.4) is 0 Å². The molecule has 0 saturated carbocycles. The number of hydrogen-bond donors (Lipinski definition) is 0. The molecule has 144 valence electrons. The standard InChI is InChI=1S/C20H19BrN4O2S/c21-17-6-8-18(9-7-17)28(26,27)25-12-10-24(11-13-25)20-14-19(22-15-23-20)16-4-2-1-3-5-16/h1-9,14-15H,10-13H2. The van der Waals surface area contributed by atoms with Gasteiger partial charge in [0.1, 0.15) is 12.1 Å². The van der Waals surface area contributed by atoms with E-state index in [0.29, 0.717) is 31.1 Å². The van der Waals surface area contributed by atoms with E-state index in [-0.39, 0.29) is 0 Å². The van der Waals surface area contributed by atoms with Gasteiger partial charge in [-0.1, -0.05) is 46.3 Å². The van der Waals surface area contributed by atoms with Crippen LogP contribution in [-0.2, 0) is 10.0 Å². The van der Waals surface area contributed by atoms with E-state index in [1.54, 1.807) is 30.6 Å². The lowest BCUT2D eigenvalue weighted by molar-refractivity contribution is 0.384. The van der Waals surface area contributed by atoms with Gasteiger partial charge in [0.05, 0.1) is 10.6 Å². The van der Waals surface area contributed by atoms with Crippen molar-refractivity contribution in [3.05, 3.63) is 71.5 Å². The van der Waals surface area contributed by atoms with E-state index in [9.17, 15) is 8.42 Å². The minimum atomic E-state index is -3.48. The first-order valence-electron chi connectivity index (χ1n) is 8.92. The van der Waals surface area contributed by atoms with Crippen LogP contribution in [0.15, 0.2) is 76.4 Å². The van der Waals surface area contributed by atoms with Gasteiger partial charge in [-0.05, 0) is 24.3 Å². The summed E-state index contributed by atoms with van der Waals surface area (Å²) in [6.45, 7) is 2.01. The molecule has 3 aromatic rings. The molecule has 0 aliphatic carbocycles. The molecule has 0 radical (unpaired) electrons. The van der Waals surface area contributed by atoms with Crippen LogP contribution in [0.5, 0.6) is 0 Å². The van der Waals surface area contributed by atoms with E-state index in [0.717, 1.165) is 21.5 Å².